The third kappa shape index (κ3) is 3.56. The van der Waals surface area contributed by atoms with E-state index in [4.69, 9.17) is 0 Å². The van der Waals surface area contributed by atoms with Crippen LogP contribution in [0, 0.1) is 0 Å². The van der Waals surface area contributed by atoms with E-state index in [-0.39, 0.29) is 10.8 Å². The summed E-state index contributed by atoms with van der Waals surface area (Å²) in [5.74, 6) is -0.0856. The molecular weight excluding hydrogens is 238 g/mol. The number of rotatable bonds is 4. The quantitative estimate of drug-likeness (QED) is 0.825. The van der Waals surface area contributed by atoms with Crippen LogP contribution in [-0.4, -0.2) is 27.1 Å². The van der Waals surface area contributed by atoms with Crippen molar-refractivity contribution in [3.8, 4) is 0 Å². The minimum absolute atomic E-state index is 0.0856. The van der Waals surface area contributed by atoms with Crippen LogP contribution in [0.2, 0.25) is 0 Å². The van der Waals surface area contributed by atoms with E-state index >= 15 is 0 Å². The van der Waals surface area contributed by atoms with Crippen molar-refractivity contribution in [2.24, 2.45) is 0 Å². The van der Waals surface area contributed by atoms with E-state index < -0.39 is 9.84 Å². The Balaban J connectivity index is 3.17. The van der Waals surface area contributed by atoms with Crippen LogP contribution in [0.3, 0.4) is 0 Å². The molecule has 0 atom stereocenters. The summed E-state index contributed by atoms with van der Waals surface area (Å²) >= 11 is 0. The van der Waals surface area contributed by atoms with Gasteiger partial charge in [0.1, 0.15) is 0 Å². The van der Waals surface area contributed by atoms with Gasteiger partial charge in [-0.15, -0.1) is 0 Å². The zero-order valence-electron chi connectivity index (χ0n) is 10.3. The fourth-order valence-corrected chi connectivity index (χ4v) is 2.23. The minimum atomic E-state index is -3.24. The SMILES string of the molecule is CCCN(C(C)=O)c1cccc(S(C)(=O)=O)c1. The number of anilines is 1. The molecule has 0 aliphatic rings. The zero-order valence-corrected chi connectivity index (χ0v) is 11.1. The Bertz CT molecular complexity index is 508. The first-order valence-corrected chi connectivity index (χ1v) is 7.33. The minimum Gasteiger partial charge on any atom is -0.313 e. The average molecular weight is 255 g/mol. The molecule has 17 heavy (non-hydrogen) atoms. The standard InChI is InChI=1S/C12H17NO3S/c1-4-8-13(10(2)14)11-6-5-7-12(9-11)17(3,15)16/h5-7,9H,4,8H2,1-3H3. The molecule has 0 bridgehead atoms. The van der Waals surface area contributed by atoms with Gasteiger partial charge in [0.05, 0.1) is 4.90 Å². The Kier molecular flexibility index (Phi) is 4.28. The van der Waals surface area contributed by atoms with Crippen LogP contribution in [0.15, 0.2) is 29.2 Å². The van der Waals surface area contributed by atoms with E-state index in [2.05, 4.69) is 0 Å². The van der Waals surface area contributed by atoms with Crippen molar-refractivity contribution in [1.29, 1.82) is 0 Å². The van der Waals surface area contributed by atoms with Gasteiger partial charge in [0, 0.05) is 25.4 Å². The second-order valence-corrected chi connectivity index (χ2v) is 5.96. The van der Waals surface area contributed by atoms with Crippen LogP contribution in [0.4, 0.5) is 5.69 Å². The number of carbonyl (C=O) groups excluding carboxylic acids is 1. The summed E-state index contributed by atoms with van der Waals surface area (Å²) in [7, 11) is -3.24. The summed E-state index contributed by atoms with van der Waals surface area (Å²) in [6.45, 7) is 4.03. The Morgan fingerprint density at radius 3 is 2.47 bits per heavy atom. The molecule has 94 valence electrons. The molecular formula is C12H17NO3S. The van der Waals surface area contributed by atoms with E-state index in [0.29, 0.717) is 12.2 Å². The van der Waals surface area contributed by atoms with Crippen molar-refractivity contribution in [1.82, 2.24) is 0 Å². The first kappa shape index (κ1) is 13.7. The van der Waals surface area contributed by atoms with Crippen molar-refractivity contribution in [3.05, 3.63) is 24.3 Å². The molecule has 0 unspecified atom stereocenters. The lowest BCUT2D eigenvalue weighted by atomic mass is 10.2. The highest BCUT2D eigenvalue weighted by molar-refractivity contribution is 7.90. The van der Waals surface area contributed by atoms with Gasteiger partial charge in [-0.1, -0.05) is 13.0 Å². The largest absolute Gasteiger partial charge is 0.313 e. The van der Waals surface area contributed by atoms with E-state index in [1.807, 2.05) is 6.92 Å². The van der Waals surface area contributed by atoms with Crippen molar-refractivity contribution in [2.75, 3.05) is 17.7 Å². The molecule has 0 saturated carbocycles. The number of hydrogen-bond donors (Lipinski definition) is 0. The third-order valence-electron chi connectivity index (χ3n) is 2.38. The second kappa shape index (κ2) is 5.31. The van der Waals surface area contributed by atoms with Crippen LogP contribution < -0.4 is 4.90 Å². The van der Waals surface area contributed by atoms with Crippen LogP contribution >= 0.6 is 0 Å². The third-order valence-corrected chi connectivity index (χ3v) is 3.50. The topological polar surface area (TPSA) is 54.5 Å². The van der Waals surface area contributed by atoms with Gasteiger partial charge in [0.15, 0.2) is 9.84 Å². The van der Waals surface area contributed by atoms with Gasteiger partial charge in [0.25, 0.3) is 0 Å². The molecule has 0 heterocycles. The Labute approximate surface area is 102 Å². The molecule has 0 aliphatic carbocycles. The molecule has 1 aromatic rings. The summed E-state index contributed by atoms with van der Waals surface area (Å²) < 4.78 is 22.9. The van der Waals surface area contributed by atoms with Gasteiger partial charge in [0.2, 0.25) is 5.91 Å². The molecule has 5 heteroatoms. The Hall–Kier alpha value is -1.36. The smallest absolute Gasteiger partial charge is 0.223 e. The maximum absolute atomic E-state index is 11.5. The molecule has 0 N–H and O–H groups in total. The number of amides is 1. The molecule has 0 aliphatic heterocycles. The van der Waals surface area contributed by atoms with E-state index in [0.717, 1.165) is 12.7 Å². The van der Waals surface area contributed by atoms with Crippen LogP contribution in [-0.2, 0) is 14.6 Å². The predicted molar refractivity (Wildman–Crippen MR) is 67.9 cm³/mol. The number of hydrogen-bond acceptors (Lipinski definition) is 3. The summed E-state index contributed by atoms with van der Waals surface area (Å²) in [5.41, 5.74) is 0.627. The normalized spacial score (nSPS) is 11.2. The molecule has 1 rings (SSSR count). The van der Waals surface area contributed by atoms with Crippen LogP contribution in [0.5, 0.6) is 0 Å². The van der Waals surface area contributed by atoms with Crippen LogP contribution in [0.1, 0.15) is 20.3 Å². The van der Waals surface area contributed by atoms with Crippen molar-refractivity contribution < 1.29 is 13.2 Å². The fraction of sp³-hybridized carbons (Fsp3) is 0.417. The maximum Gasteiger partial charge on any atom is 0.223 e. The highest BCUT2D eigenvalue weighted by Gasteiger charge is 2.13. The molecule has 0 aromatic heterocycles. The van der Waals surface area contributed by atoms with Gasteiger partial charge in [-0.3, -0.25) is 4.79 Å². The summed E-state index contributed by atoms with van der Waals surface area (Å²) in [4.78, 5) is 13.3. The van der Waals surface area contributed by atoms with Gasteiger partial charge in [-0.05, 0) is 24.6 Å². The van der Waals surface area contributed by atoms with Crippen molar-refractivity contribution in [2.45, 2.75) is 25.2 Å². The predicted octanol–water partition coefficient (Wildman–Crippen LogP) is 1.85. The number of sulfone groups is 1. The summed E-state index contributed by atoms with van der Waals surface area (Å²) in [6.07, 6.45) is 1.98. The summed E-state index contributed by atoms with van der Waals surface area (Å²) in [5, 5.41) is 0. The monoisotopic (exact) mass is 255 g/mol. The Morgan fingerprint density at radius 2 is 2.00 bits per heavy atom. The first-order valence-electron chi connectivity index (χ1n) is 5.44. The lowest BCUT2D eigenvalue weighted by molar-refractivity contribution is -0.116. The van der Waals surface area contributed by atoms with E-state index in [1.54, 1.807) is 17.0 Å². The highest BCUT2D eigenvalue weighted by atomic mass is 32.2. The Morgan fingerprint density at radius 1 is 1.35 bits per heavy atom. The average Bonchev–Trinajstić information content (AvgIpc) is 2.24. The zero-order chi connectivity index (χ0) is 13.1. The van der Waals surface area contributed by atoms with Gasteiger partial charge >= 0.3 is 0 Å². The first-order chi connectivity index (χ1) is 7.86. The number of nitrogens with zero attached hydrogens (tertiary/aromatic N) is 1. The van der Waals surface area contributed by atoms with Gasteiger partial charge < -0.3 is 4.90 Å². The lowest BCUT2D eigenvalue weighted by Crippen LogP contribution is -2.29. The lowest BCUT2D eigenvalue weighted by Gasteiger charge is -2.20. The highest BCUT2D eigenvalue weighted by Crippen LogP contribution is 2.19. The van der Waals surface area contributed by atoms with Gasteiger partial charge in [-0.2, -0.15) is 0 Å². The molecule has 1 aromatic carbocycles. The molecule has 0 radical (unpaired) electrons. The van der Waals surface area contributed by atoms with Crippen molar-refractivity contribution >= 4 is 21.4 Å². The fourth-order valence-electron chi connectivity index (χ4n) is 1.57. The molecule has 4 nitrogen and oxygen atoms in total. The number of carbonyl (C=O) groups is 1. The molecule has 0 saturated heterocycles. The maximum atomic E-state index is 11.5. The van der Waals surface area contributed by atoms with Crippen LogP contribution in [0.25, 0.3) is 0 Å². The van der Waals surface area contributed by atoms with E-state index in [9.17, 15) is 13.2 Å². The second-order valence-electron chi connectivity index (χ2n) is 3.94. The molecule has 0 fully saturated rings. The van der Waals surface area contributed by atoms with Gasteiger partial charge in [-0.25, -0.2) is 8.42 Å². The van der Waals surface area contributed by atoms with E-state index in [1.165, 1.54) is 19.1 Å². The van der Waals surface area contributed by atoms with Crippen molar-refractivity contribution in [3.63, 3.8) is 0 Å². The molecule has 0 spiro atoms. The number of benzene rings is 1. The molecule has 1 amide bonds. The summed E-state index contributed by atoms with van der Waals surface area (Å²) in [6, 6.07) is 6.46.